The van der Waals surface area contributed by atoms with Gasteiger partial charge in [-0.05, 0) is 61.0 Å². The molecule has 0 bridgehead atoms. The summed E-state index contributed by atoms with van der Waals surface area (Å²) in [5.74, 6) is 0.854. The topological polar surface area (TPSA) is 40.2 Å². The van der Waals surface area contributed by atoms with Crippen LogP contribution in [0.25, 0.3) is 16.9 Å². The molecule has 1 heterocycles. The van der Waals surface area contributed by atoms with Gasteiger partial charge in [0, 0.05) is 5.69 Å². The number of aryl methyl sites for hydroxylation is 1. The van der Waals surface area contributed by atoms with E-state index in [0.717, 1.165) is 34.1 Å². The van der Waals surface area contributed by atoms with Gasteiger partial charge in [0.2, 0.25) is 0 Å². The summed E-state index contributed by atoms with van der Waals surface area (Å²) in [6, 6.07) is 20.2. The van der Waals surface area contributed by atoms with Gasteiger partial charge in [-0.2, -0.15) is 0 Å². The fourth-order valence-corrected chi connectivity index (χ4v) is 2.54. The normalized spacial score (nSPS) is 10.6. The molecule has 0 radical (unpaired) electrons. The van der Waals surface area contributed by atoms with Gasteiger partial charge in [0.25, 0.3) is 0 Å². The Morgan fingerprint density at radius 3 is 2.29 bits per heavy atom. The highest BCUT2D eigenvalue weighted by Gasteiger charge is 2.11. The molecule has 0 fully saturated rings. The minimum atomic E-state index is 0.770. The summed E-state index contributed by atoms with van der Waals surface area (Å²) in [5, 5.41) is 0. The first-order valence-electron chi connectivity index (χ1n) is 6.88. The number of anilines is 1. The van der Waals surface area contributed by atoms with Crippen LogP contribution in [0.15, 0.2) is 60.7 Å². The number of benzene rings is 2. The number of ether oxygens (including phenoxy) is 1. The van der Waals surface area contributed by atoms with E-state index in [1.165, 1.54) is 0 Å². The molecule has 106 valence electrons. The quantitative estimate of drug-likeness (QED) is 0.734. The minimum Gasteiger partial charge on any atom is -0.497 e. The van der Waals surface area contributed by atoms with Crippen molar-refractivity contribution in [3.05, 3.63) is 66.4 Å². The molecule has 3 rings (SSSR count). The second-order valence-corrected chi connectivity index (χ2v) is 4.98. The Kier molecular flexibility index (Phi) is 3.40. The Labute approximate surface area is 124 Å². The van der Waals surface area contributed by atoms with Crippen molar-refractivity contribution < 1.29 is 4.74 Å². The molecule has 1 aromatic heterocycles. The molecular formula is C18H18N2O. The van der Waals surface area contributed by atoms with E-state index in [2.05, 4.69) is 35.8 Å². The first kappa shape index (κ1) is 13.3. The third-order valence-electron chi connectivity index (χ3n) is 3.64. The summed E-state index contributed by atoms with van der Waals surface area (Å²) in [5.41, 5.74) is 11.3. The lowest BCUT2D eigenvalue weighted by molar-refractivity contribution is 0.415. The van der Waals surface area contributed by atoms with Crippen LogP contribution in [0.1, 0.15) is 5.69 Å². The van der Waals surface area contributed by atoms with Gasteiger partial charge in [0.05, 0.1) is 24.2 Å². The van der Waals surface area contributed by atoms with Gasteiger partial charge in [-0.1, -0.05) is 12.1 Å². The van der Waals surface area contributed by atoms with Gasteiger partial charge in [-0.3, -0.25) is 0 Å². The Hall–Kier alpha value is -2.68. The molecule has 2 aromatic carbocycles. The lowest BCUT2D eigenvalue weighted by Gasteiger charge is -2.14. The number of methoxy groups -OCH3 is 1. The van der Waals surface area contributed by atoms with E-state index in [1.54, 1.807) is 7.11 Å². The van der Waals surface area contributed by atoms with Crippen LogP contribution in [-0.2, 0) is 0 Å². The molecule has 0 amide bonds. The number of nitrogen functional groups attached to an aromatic ring is 1. The van der Waals surface area contributed by atoms with Gasteiger partial charge in [-0.25, -0.2) is 0 Å². The molecule has 2 N–H and O–H groups in total. The predicted octanol–water partition coefficient (Wildman–Crippen LogP) is 4.04. The number of hydrogen-bond acceptors (Lipinski definition) is 2. The number of aromatic nitrogens is 1. The Balaban J connectivity index is 2.15. The van der Waals surface area contributed by atoms with Crippen LogP contribution in [0.3, 0.4) is 0 Å². The van der Waals surface area contributed by atoms with Gasteiger partial charge in [0.1, 0.15) is 5.75 Å². The first-order chi connectivity index (χ1) is 10.2. The number of rotatable bonds is 3. The van der Waals surface area contributed by atoms with E-state index < -0.39 is 0 Å². The molecule has 0 aliphatic carbocycles. The van der Waals surface area contributed by atoms with Gasteiger partial charge in [0.15, 0.2) is 0 Å². The van der Waals surface area contributed by atoms with Crippen LogP contribution in [0, 0.1) is 6.92 Å². The van der Waals surface area contributed by atoms with Crippen molar-refractivity contribution in [2.45, 2.75) is 6.92 Å². The van der Waals surface area contributed by atoms with Gasteiger partial charge >= 0.3 is 0 Å². The van der Waals surface area contributed by atoms with Crippen molar-refractivity contribution in [3.63, 3.8) is 0 Å². The zero-order valence-corrected chi connectivity index (χ0v) is 12.2. The van der Waals surface area contributed by atoms with Crippen LogP contribution in [-0.4, -0.2) is 11.7 Å². The van der Waals surface area contributed by atoms with E-state index in [1.807, 2.05) is 36.4 Å². The molecular weight excluding hydrogens is 260 g/mol. The Morgan fingerprint density at radius 2 is 1.62 bits per heavy atom. The number of nitrogens with zero attached hydrogens (tertiary/aromatic N) is 1. The van der Waals surface area contributed by atoms with Crippen LogP contribution in [0.2, 0.25) is 0 Å². The van der Waals surface area contributed by atoms with Crippen molar-refractivity contribution in [1.29, 1.82) is 0 Å². The summed E-state index contributed by atoms with van der Waals surface area (Å²) in [6.07, 6.45) is 0. The van der Waals surface area contributed by atoms with E-state index in [-0.39, 0.29) is 0 Å². The van der Waals surface area contributed by atoms with Crippen LogP contribution in [0.5, 0.6) is 5.75 Å². The minimum absolute atomic E-state index is 0.770. The third-order valence-corrected chi connectivity index (χ3v) is 3.64. The second-order valence-electron chi connectivity index (χ2n) is 4.98. The largest absolute Gasteiger partial charge is 0.497 e. The Bertz CT molecular complexity index is 757. The average Bonchev–Trinajstić information content (AvgIpc) is 2.89. The molecule has 3 aromatic rings. The predicted molar refractivity (Wildman–Crippen MR) is 86.9 cm³/mol. The summed E-state index contributed by atoms with van der Waals surface area (Å²) in [4.78, 5) is 0. The molecule has 0 saturated carbocycles. The maximum Gasteiger partial charge on any atom is 0.118 e. The number of nitrogens with two attached hydrogens (primary N) is 1. The molecule has 3 nitrogen and oxygen atoms in total. The highest BCUT2D eigenvalue weighted by Crippen LogP contribution is 2.30. The highest BCUT2D eigenvalue weighted by molar-refractivity contribution is 5.69. The fraction of sp³-hybridized carbons (Fsp3) is 0.111. The number of hydrogen-bond donors (Lipinski definition) is 1. The summed E-state index contributed by atoms with van der Waals surface area (Å²) in [6.45, 7) is 2.08. The van der Waals surface area contributed by atoms with Crippen LogP contribution in [0.4, 0.5) is 5.69 Å². The molecule has 3 heteroatoms. The van der Waals surface area contributed by atoms with E-state index in [9.17, 15) is 0 Å². The Morgan fingerprint density at radius 1 is 0.905 bits per heavy atom. The van der Waals surface area contributed by atoms with Gasteiger partial charge < -0.3 is 15.0 Å². The smallest absolute Gasteiger partial charge is 0.118 e. The average molecular weight is 278 g/mol. The highest BCUT2D eigenvalue weighted by atomic mass is 16.5. The van der Waals surface area contributed by atoms with E-state index in [0.29, 0.717) is 0 Å². The van der Waals surface area contributed by atoms with Crippen LogP contribution >= 0.6 is 0 Å². The summed E-state index contributed by atoms with van der Waals surface area (Å²) in [7, 11) is 1.67. The molecule has 0 unspecified atom stereocenters. The van der Waals surface area contributed by atoms with Gasteiger partial charge in [-0.15, -0.1) is 0 Å². The molecule has 0 saturated heterocycles. The fourth-order valence-electron chi connectivity index (χ4n) is 2.54. The monoisotopic (exact) mass is 278 g/mol. The molecule has 21 heavy (non-hydrogen) atoms. The van der Waals surface area contributed by atoms with Crippen molar-refractivity contribution in [2.24, 2.45) is 0 Å². The zero-order chi connectivity index (χ0) is 14.8. The molecule has 0 spiro atoms. The summed E-state index contributed by atoms with van der Waals surface area (Å²) < 4.78 is 7.40. The standard InChI is InChI=1S/C18H18N2O/c1-13-7-12-17(14-8-10-15(21-2)11-9-14)20(13)18-6-4-3-5-16(18)19/h3-12H,19H2,1-2H3. The maximum absolute atomic E-state index is 6.13. The third kappa shape index (κ3) is 2.38. The van der Waals surface area contributed by atoms with Crippen molar-refractivity contribution in [3.8, 4) is 22.7 Å². The maximum atomic E-state index is 6.13. The van der Waals surface area contributed by atoms with Crippen molar-refractivity contribution in [2.75, 3.05) is 12.8 Å². The molecule has 0 aliphatic rings. The van der Waals surface area contributed by atoms with E-state index >= 15 is 0 Å². The molecule has 0 aliphatic heterocycles. The number of para-hydroxylation sites is 2. The lowest BCUT2D eigenvalue weighted by atomic mass is 10.1. The van der Waals surface area contributed by atoms with Crippen molar-refractivity contribution >= 4 is 5.69 Å². The first-order valence-corrected chi connectivity index (χ1v) is 6.88. The van der Waals surface area contributed by atoms with E-state index in [4.69, 9.17) is 10.5 Å². The zero-order valence-electron chi connectivity index (χ0n) is 12.2. The van der Waals surface area contributed by atoms with Crippen LogP contribution < -0.4 is 10.5 Å². The molecule has 0 atom stereocenters. The SMILES string of the molecule is COc1ccc(-c2ccc(C)n2-c2ccccc2N)cc1. The summed E-state index contributed by atoms with van der Waals surface area (Å²) >= 11 is 0. The van der Waals surface area contributed by atoms with Crippen molar-refractivity contribution in [1.82, 2.24) is 4.57 Å². The second kappa shape index (κ2) is 5.37. The lowest BCUT2D eigenvalue weighted by Crippen LogP contribution is -2.02.